The third-order valence-corrected chi connectivity index (χ3v) is 4.42. The molecular formula is C14H25NO2. The average molecular weight is 239 g/mol. The van der Waals surface area contributed by atoms with Gasteiger partial charge in [-0.25, -0.2) is 0 Å². The van der Waals surface area contributed by atoms with Crippen molar-refractivity contribution >= 4 is 5.91 Å². The van der Waals surface area contributed by atoms with E-state index >= 15 is 0 Å². The minimum atomic E-state index is 0.0926. The molecule has 0 saturated heterocycles. The van der Waals surface area contributed by atoms with Crippen LogP contribution in [0.15, 0.2) is 0 Å². The van der Waals surface area contributed by atoms with E-state index in [1.165, 1.54) is 12.8 Å². The molecule has 1 amide bonds. The molecule has 3 nitrogen and oxygen atoms in total. The normalized spacial score (nSPS) is 27.8. The molecule has 0 aliphatic heterocycles. The van der Waals surface area contributed by atoms with Gasteiger partial charge in [-0.1, -0.05) is 26.7 Å². The lowest BCUT2D eigenvalue weighted by molar-refractivity contribution is -0.142. The predicted molar refractivity (Wildman–Crippen MR) is 67.6 cm³/mol. The zero-order valence-corrected chi connectivity index (χ0v) is 11.1. The fourth-order valence-electron chi connectivity index (χ4n) is 3.12. The van der Waals surface area contributed by atoms with Gasteiger partial charge in [0, 0.05) is 18.5 Å². The van der Waals surface area contributed by atoms with Crippen molar-refractivity contribution in [2.24, 2.45) is 11.3 Å². The van der Waals surface area contributed by atoms with Gasteiger partial charge >= 0.3 is 0 Å². The van der Waals surface area contributed by atoms with E-state index in [1.54, 1.807) is 0 Å². The number of aliphatic hydroxyl groups is 1. The Labute approximate surface area is 104 Å². The second-order valence-electron chi connectivity index (χ2n) is 6.27. The summed E-state index contributed by atoms with van der Waals surface area (Å²) in [7, 11) is 0. The largest absolute Gasteiger partial charge is 0.395 e. The van der Waals surface area contributed by atoms with Gasteiger partial charge in [-0.15, -0.1) is 0 Å². The molecule has 2 aliphatic rings. The molecule has 0 aromatic heterocycles. The van der Waals surface area contributed by atoms with Crippen molar-refractivity contribution in [3.8, 4) is 0 Å². The van der Waals surface area contributed by atoms with Crippen molar-refractivity contribution < 1.29 is 9.90 Å². The van der Waals surface area contributed by atoms with E-state index in [0.29, 0.717) is 18.5 Å². The molecule has 2 saturated carbocycles. The highest BCUT2D eigenvalue weighted by molar-refractivity contribution is 5.80. The second kappa shape index (κ2) is 4.97. The third-order valence-electron chi connectivity index (χ3n) is 4.42. The van der Waals surface area contributed by atoms with Crippen molar-refractivity contribution in [2.45, 2.75) is 58.4 Å². The van der Waals surface area contributed by atoms with Gasteiger partial charge in [0.1, 0.15) is 0 Å². The summed E-state index contributed by atoms with van der Waals surface area (Å²) in [5.41, 5.74) is 0.137. The number of aliphatic hydroxyl groups excluding tert-OH is 1. The van der Waals surface area contributed by atoms with E-state index in [0.717, 1.165) is 25.7 Å². The molecule has 1 atom stereocenters. The van der Waals surface area contributed by atoms with Crippen molar-refractivity contribution in [3.05, 3.63) is 0 Å². The predicted octanol–water partition coefficient (Wildman–Crippen LogP) is 2.19. The molecule has 0 aromatic rings. The number of carbonyl (C=O) groups excluding carboxylic acids is 1. The molecule has 1 N–H and O–H groups in total. The van der Waals surface area contributed by atoms with E-state index in [1.807, 2.05) is 4.90 Å². The molecule has 0 bridgehead atoms. The number of carbonyl (C=O) groups is 1. The summed E-state index contributed by atoms with van der Waals surface area (Å²) in [6.07, 6.45) is 6.86. The molecule has 3 heteroatoms. The SMILES string of the molecule is CC1(C)CCCCC1C(=O)N(CCO)C1CC1. The van der Waals surface area contributed by atoms with Crippen molar-refractivity contribution in [1.82, 2.24) is 4.90 Å². The van der Waals surface area contributed by atoms with Crippen LogP contribution in [0.5, 0.6) is 0 Å². The molecule has 0 spiro atoms. The smallest absolute Gasteiger partial charge is 0.226 e. The molecule has 2 fully saturated rings. The molecule has 0 aromatic carbocycles. The van der Waals surface area contributed by atoms with Crippen LogP contribution in [0.2, 0.25) is 0 Å². The summed E-state index contributed by atoms with van der Waals surface area (Å²) in [6.45, 7) is 5.06. The Hall–Kier alpha value is -0.570. The number of hydrogen-bond donors (Lipinski definition) is 1. The highest BCUT2D eigenvalue weighted by atomic mass is 16.3. The van der Waals surface area contributed by atoms with Crippen LogP contribution in [0.25, 0.3) is 0 Å². The monoisotopic (exact) mass is 239 g/mol. The molecule has 98 valence electrons. The van der Waals surface area contributed by atoms with Crippen LogP contribution in [-0.4, -0.2) is 35.1 Å². The first-order valence-electron chi connectivity index (χ1n) is 6.97. The fraction of sp³-hybridized carbons (Fsp3) is 0.929. The first-order valence-corrected chi connectivity index (χ1v) is 6.97. The van der Waals surface area contributed by atoms with E-state index in [-0.39, 0.29) is 17.9 Å². The molecule has 0 heterocycles. The van der Waals surface area contributed by atoms with Crippen LogP contribution in [0.1, 0.15) is 52.4 Å². The van der Waals surface area contributed by atoms with Gasteiger partial charge in [0.2, 0.25) is 5.91 Å². The van der Waals surface area contributed by atoms with Crippen molar-refractivity contribution in [1.29, 1.82) is 0 Å². The minimum Gasteiger partial charge on any atom is -0.395 e. The number of hydrogen-bond acceptors (Lipinski definition) is 2. The Morgan fingerprint density at radius 3 is 2.53 bits per heavy atom. The topological polar surface area (TPSA) is 40.5 Å². The van der Waals surface area contributed by atoms with Crippen molar-refractivity contribution in [2.75, 3.05) is 13.2 Å². The zero-order chi connectivity index (χ0) is 12.5. The summed E-state index contributed by atoms with van der Waals surface area (Å²) >= 11 is 0. The minimum absolute atomic E-state index is 0.0926. The van der Waals surface area contributed by atoms with Gasteiger partial charge in [0.15, 0.2) is 0 Å². The maximum Gasteiger partial charge on any atom is 0.226 e. The van der Waals surface area contributed by atoms with Crippen LogP contribution in [-0.2, 0) is 4.79 Å². The Balaban J connectivity index is 2.05. The van der Waals surface area contributed by atoms with E-state index < -0.39 is 0 Å². The van der Waals surface area contributed by atoms with Gasteiger partial charge in [-0.05, 0) is 31.1 Å². The summed E-state index contributed by atoms with van der Waals surface area (Å²) in [4.78, 5) is 14.5. The first kappa shape index (κ1) is 12.9. The van der Waals surface area contributed by atoms with Crippen LogP contribution >= 0.6 is 0 Å². The number of rotatable bonds is 4. The number of nitrogens with zero attached hydrogens (tertiary/aromatic N) is 1. The standard InChI is InChI=1S/C14H25NO2/c1-14(2)8-4-3-5-12(14)13(17)15(9-10-16)11-6-7-11/h11-12,16H,3-10H2,1-2H3. The lowest BCUT2D eigenvalue weighted by atomic mass is 9.68. The van der Waals surface area contributed by atoms with Crippen LogP contribution < -0.4 is 0 Å². The maximum atomic E-state index is 12.6. The lowest BCUT2D eigenvalue weighted by Gasteiger charge is -2.40. The lowest BCUT2D eigenvalue weighted by Crippen LogP contribution is -2.45. The molecular weight excluding hydrogens is 214 g/mol. The quantitative estimate of drug-likeness (QED) is 0.817. The summed E-state index contributed by atoms with van der Waals surface area (Å²) in [5, 5.41) is 9.10. The third kappa shape index (κ3) is 2.82. The number of amides is 1. The Kier molecular flexibility index (Phi) is 3.76. The molecule has 1 unspecified atom stereocenters. The fourth-order valence-corrected chi connectivity index (χ4v) is 3.12. The Bertz CT molecular complexity index is 284. The second-order valence-corrected chi connectivity index (χ2v) is 6.27. The van der Waals surface area contributed by atoms with Crippen molar-refractivity contribution in [3.63, 3.8) is 0 Å². The molecule has 0 radical (unpaired) electrons. The highest BCUT2D eigenvalue weighted by Crippen LogP contribution is 2.42. The van der Waals surface area contributed by atoms with Gasteiger partial charge in [-0.3, -0.25) is 4.79 Å². The van der Waals surface area contributed by atoms with Gasteiger partial charge < -0.3 is 10.0 Å². The first-order chi connectivity index (χ1) is 8.06. The Morgan fingerprint density at radius 2 is 2.00 bits per heavy atom. The van der Waals surface area contributed by atoms with Crippen LogP contribution in [0.4, 0.5) is 0 Å². The van der Waals surface area contributed by atoms with E-state index in [9.17, 15) is 4.79 Å². The molecule has 2 aliphatic carbocycles. The summed E-state index contributed by atoms with van der Waals surface area (Å²) < 4.78 is 0. The zero-order valence-electron chi connectivity index (χ0n) is 11.1. The molecule has 17 heavy (non-hydrogen) atoms. The van der Waals surface area contributed by atoms with Gasteiger partial charge in [-0.2, -0.15) is 0 Å². The maximum absolute atomic E-state index is 12.6. The highest BCUT2D eigenvalue weighted by Gasteiger charge is 2.42. The summed E-state index contributed by atoms with van der Waals surface area (Å²) in [5.74, 6) is 0.467. The molecule has 2 rings (SSSR count). The van der Waals surface area contributed by atoms with Gasteiger partial charge in [0.05, 0.1) is 6.61 Å². The van der Waals surface area contributed by atoms with Gasteiger partial charge in [0.25, 0.3) is 0 Å². The van der Waals surface area contributed by atoms with Crippen LogP contribution in [0, 0.1) is 11.3 Å². The Morgan fingerprint density at radius 1 is 1.29 bits per heavy atom. The average Bonchev–Trinajstić information content (AvgIpc) is 3.08. The van der Waals surface area contributed by atoms with E-state index in [2.05, 4.69) is 13.8 Å². The van der Waals surface area contributed by atoms with Crippen LogP contribution in [0.3, 0.4) is 0 Å². The summed E-state index contributed by atoms with van der Waals surface area (Å²) in [6, 6.07) is 0.423. The van der Waals surface area contributed by atoms with E-state index in [4.69, 9.17) is 5.11 Å².